The lowest BCUT2D eigenvalue weighted by Gasteiger charge is -2.41. The first kappa shape index (κ1) is 26.0. The predicted molar refractivity (Wildman–Crippen MR) is 138 cm³/mol. The highest BCUT2D eigenvalue weighted by Gasteiger charge is 2.36. The molecule has 0 radical (unpaired) electrons. The summed E-state index contributed by atoms with van der Waals surface area (Å²) in [5.74, 6) is 0.918. The number of carbonyl (C=O) groups excluding carboxylic acids is 2. The Balaban J connectivity index is 1.58. The molecule has 0 bridgehead atoms. The maximum absolute atomic E-state index is 13.6. The number of hydrogen-bond donors (Lipinski definition) is 0. The van der Waals surface area contributed by atoms with E-state index in [0.29, 0.717) is 24.3 Å². The molecule has 194 valence electrons. The molecule has 1 saturated carbocycles. The van der Waals surface area contributed by atoms with E-state index in [4.69, 9.17) is 9.47 Å². The Bertz CT molecular complexity index is 823. The highest BCUT2D eigenvalue weighted by Crippen LogP contribution is 2.31. The van der Waals surface area contributed by atoms with Crippen LogP contribution in [0.4, 0.5) is 0 Å². The van der Waals surface area contributed by atoms with Crippen LogP contribution in [0.3, 0.4) is 0 Å². The van der Waals surface area contributed by atoms with Gasteiger partial charge in [0.1, 0.15) is 11.9 Å². The zero-order valence-corrected chi connectivity index (χ0v) is 21.6. The number of para-hydroxylation sites is 1. The van der Waals surface area contributed by atoms with Crippen molar-refractivity contribution in [2.24, 2.45) is 0 Å². The van der Waals surface area contributed by atoms with Gasteiger partial charge >= 0.3 is 0 Å². The van der Waals surface area contributed by atoms with Gasteiger partial charge in [-0.3, -0.25) is 9.59 Å². The summed E-state index contributed by atoms with van der Waals surface area (Å²) in [6, 6.07) is 7.72. The van der Waals surface area contributed by atoms with Crippen LogP contribution in [0.25, 0.3) is 0 Å². The van der Waals surface area contributed by atoms with Gasteiger partial charge in [-0.1, -0.05) is 37.8 Å². The molecular formula is C29H44N2O4. The third-order valence-corrected chi connectivity index (χ3v) is 7.96. The van der Waals surface area contributed by atoms with Gasteiger partial charge in [0.2, 0.25) is 5.91 Å². The second-order valence-electron chi connectivity index (χ2n) is 10.4. The van der Waals surface area contributed by atoms with Crippen molar-refractivity contribution in [3.05, 3.63) is 29.8 Å². The zero-order chi connectivity index (χ0) is 24.5. The zero-order valence-electron chi connectivity index (χ0n) is 21.6. The van der Waals surface area contributed by atoms with E-state index < -0.39 is 0 Å². The molecule has 3 aliphatic rings. The normalized spacial score (nSPS) is 27.1. The lowest BCUT2D eigenvalue weighted by atomic mass is 9.90. The maximum Gasteiger partial charge on any atom is 0.257 e. The summed E-state index contributed by atoms with van der Waals surface area (Å²) in [5.41, 5.74) is 0.641. The molecule has 0 N–H and O–H groups in total. The van der Waals surface area contributed by atoms with Gasteiger partial charge in [-0.05, 0) is 70.4 Å². The molecule has 1 aromatic rings. The second kappa shape index (κ2) is 13.3. The van der Waals surface area contributed by atoms with Crippen LogP contribution in [0.1, 0.15) is 101 Å². The number of carbonyl (C=O) groups is 2. The van der Waals surface area contributed by atoms with Gasteiger partial charge in [-0.15, -0.1) is 0 Å². The van der Waals surface area contributed by atoms with E-state index in [2.05, 4.69) is 4.90 Å². The van der Waals surface area contributed by atoms with Crippen molar-refractivity contribution in [2.75, 3.05) is 26.2 Å². The largest absolute Gasteiger partial charge is 0.487 e. The summed E-state index contributed by atoms with van der Waals surface area (Å²) in [6.45, 7) is 5.09. The Morgan fingerprint density at radius 2 is 1.66 bits per heavy atom. The van der Waals surface area contributed by atoms with E-state index in [1.165, 1.54) is 0 Å². The van der Waals surface area contributed by atoms with Gasteiger partial charge in [0.05, 0.1) is 24.1 Å². The van der Waals surface area contributed by atoms with Gasteiger partial charge in [0.15, 0.2) is 0 Å². The van der Waals surface area contributed by atoms with Crippen LogP contribution in [0.15, 0.2) is 24.3 Å². The van der Waals surface area contributed by atoms with Crippen LogP contribution in [0, 0.1) is 0 Å². The molecule has 6 heteroatoms. The number of hydrogen-bond acceptors (Lipinski definition) is 4. The van der Waals surface area contributed by atoms with Gasteiger partial charge in [-0.2, -0.15) is 0 Å². The van der Waals surface area contributed by atoms with Crippen LogP contribution >= 0.6 is 0 Å². The average Bonchev–Trinajstić information content (AvgIpc) is 2.89. The second-order valence-corrected chi connectivity index (χ2v) is 10.4. The molecule has 35 heavy (non-hydrogen) atoms. The highest BCUT2D eigenvalue weighted by molar-refractivity contribution is 5.97. The lowest BCUT2D eigenvalue weighted by Crippen LogP contribution is -2.51. The molecule has 6 nitrogen and oxygen atoms in total. The van der Waals surface area contributed by atoms with E-state index in [-0.39, 0.29) is 30.1 Å². The van der Waals surface area contributed by atoms with Crippen LogP contribution in [0.5, 0.6) is 5.75 Å². The summed E-state index contributed by atoms with van der Waals surface area (Å²) in [4.78, 5) is 31.1. The number of fused-ring (bicyclic) bond motifs is 2. The number of ether oxygens (including phenoxy) is 2. The average molecular weight is 485 g/mol. The minimum atomic E-state index is -0.0888. The number of nitrogens with zero attached hydrogens (tertiary/aromatic N) is 2. The van der Waals surface area contributed by atoms with Gasteiger partial charge < -0.3 is 19.3 Å². The summed E-state index contributed by atoms with van der Waals surface area (Å²) in [7, 11) is 0. The van der Waals surface area contributed by atoms with Gasteiger partial charge in [0, 0.05) is 26.2 Å². The first-order valence-electron chi connectivity index (χ1n) is 14.1. The Kier molecular flexibility index (Phi) is 9.87. The first-order chi connectivity index (χ1) is 17.2. The number of benzene rings is 1. The molecule has 0 spiro atoms. The summed E-state index contributed by atoms with van der Waals surface area (Å²) in [5, 5.41) is 0. The molecule has 1 aliphatic carbocycles. The molecule has 4 rings (SSSR count). The minimum Gasteiger partial charge on any atom is -0.487 e. The molecule has 1 aromatic carbocycles. The van der Waals surface area contributed by atoms with Crippen LogP contribution < -0.4 is 4.74 Å². The van der Waals surface area contributed by atoms with E-state index in [1.807, 2.05) is 36.1 Å². The van der Waals surface area contributed by atoms with Crippen LogP contribution in [-0.4, -0.2) is 66.1 Å². The van der Waals surface area contributed by atoms with Crippen molar-refractivity contribution in [1.29, 1.82) is 0 Å². The van der Waals surface area contributed by atoms with Crippen molar-refractivity contribution < 1.29 is 19.1 Å². The fourth-order valence-corrected chi connectivity index (χ4v) is 5.93. The first-order valence-corrected chi connectivity index (χ1v) is 14.1. The standard InChI is InChI=1S/C29H44N2O4/c1-2-30-19-11-4-3-5-12-20-31(28(32)22-23-14-10-13-21-34-23)25-16-7-9-18-27(25)35-26-17-8-6-15-24(26)29(30)33/h6,8,15,17,23,25,27H,2-5,7,9-14,16,18-22H2,1H3/t23?,25-,27+/m1/s1. The third kappa shape index (κ3) is 6.99. The summed E-state index contributed by atoms with van der Waals surface area (Å²) < 4.78 is 12.6. The Morgan fingerprint density at radius 3 is 2.46 bits per heavy atom. The summed E-state index contributed by atoms with van der Waals surface area (Å²) >= 11 is 0. The monoisotopic (exact) mass is 484 g/mol. The smallest absolute Gasteiger partial charge is 0.257 e. The van der Waals surface area contributed by atoms with Gasteiger partial charge in [-0.25, -0.2) is 0 Å². The van der Waals surface area contributed by atoms with E-state index in [1.54, 1.807) is 0 Å². The molecule has 0 aromatic heterocycles. The number of amides is 2. The lowest BCUT2D eigenvalue weighted by molar-refractivity contribution is -0.140. The fraction of sp³-hybridized carbons (Fsp3) is 0.724. The van der Waals surface area contributed by atoms with Crippen LogP contribution in [-0.2, 0) is 9.53 Å². The highest BCUT2D eigenvalue weighted by atomic mass is 16.5. The Morgan fingerprint density at radius 1 is 0.914 bits per heavy atom. The molecule has 3 atom stereocenters. The molecule has 1 unspecified atom stereocenters. The van der Waals surface area contributed by atoms with Gasteiger partial charge in [0.25, 0.3) is 5.91 Å². The molecule has 2 heterocycles. The quantitative estimate of drug-likeness (QED) is 0.561. The third-order valence-electron chi connectivity index (χ3n) is 7.96. The van der Waals surface area contributed by atoms with Crippen molar-refractivity contribution >= 4 is 11.8 Å². The predicted octanol–water partition coefficient (Wildman–Crippen LogP) is 5.59. The SMILES string of the molecule is CCN1CCCCCCCN(C(=O)CC2CCCCO2)[C@@H]2CCCC[C@@H]2Oc2ccccc2C1=O. The molecule has 2 aliphatic heterocycles. The van der Waals surface area contributed by atoms with Crippen molar-refractivity contribution in [1.82, 2.24) is 9.80 Å². The van der Waals surface area contributed by atoms with E-state index in [0.717, 1.165) is 96.7 Å². The molecule has 2 fully saturated rings. The van der Waals surface area contributed by atoms with Crippen LogP contribution in [0.2, 0.25) is 0 Å². The topological polar surface area (TPSA) is 59.1 Å². The molecule has 2 amide bonds. The molecule has 1 saturated heterocycles. The van der Waals surface area contributed by atoms with Crippen molar-refractivity contribution in [3.8, 4) is 5.75 Å². The Hall–Kier alpha value is -2.08. The molecular weight excluding hydrogens is 440 g/mol. The summed E-state index contributed by atoms with van der Waals surface area (Å²) in [6.07, 6.45) is 13.1. The fourth-order valence-electron chi connectivity index (χ4n) is 5.93. The maximum atomic E-state index is 13.6. The van der Waals surface area contributed by atoms with Crippen molar-refractivity contribution in [2.45, 2.75) is 109 Å². The Labute approximate surface area is 211 Å². The number of rotatable bonds is 3. The van der Waals surface area contributed by atoms with Crippen molar-refractivity contribution in [3.63, 3.8) is 0 Å². The van der Waals surface area contributed by atoms with E-state index in [9.17, 15) is 9.59 Å². The minimum absolute atomic E-state index is 0.0488. The van der Waals surface area contributed by atoms with E-state index >= 15 is 0 Å².